The molecule has 1 saturated heterocycles. The number of amidine groups is 1. The summed E-state index contributed by atoms with van der Waals surface area (Å²) in [4.78, 5) is 16.1. The van der Waals surface area contributed by atoms with Gasteiger partial charge in [0, 0.05) is 41.4 Å². The summed E-state index contributed by atoms with van der Waals surface area (Å²) >= 11 is 0. The molecule has 9 nitrogen and oxygen atoms in total. The molecule has 4 heterocycles. The number of hydrogen-bond donors (Lipinski definition) is 1. The summed E-state index contributed by atoms with van der Waals surface area (Å²) in [6.07, 6.45) is 0.409. The molecule has 2 fully saturated rings. The van der Waals surface area contributed by atoms with Crippen LogP contribution in [0.25, 0.3) is 11.3 Å². The summed E-state index contributed by atoms with van der Waals surface area (Å²) in [5.41, 5.74) is 4.88. The molecule has 1 N–H and O–H groups in total. The number of aromatic nitrogens is 2. The van der Waals surface area contributed by atoms with E-state index < -0.39 is 6.36 Å². The number of para-hydroxylation sites is 1. The first-order chi connectivity index (χ1) is 18.9. The predicted octanol–water partition coefficient (Wildman–Crippen LogP) is 5.33. The number of anilines is 1. The van der Waals surface area contributed by atoms with Crippen LogP contribution in [0.2, 0.25) is 0 Å². The van der Waals surface area contributed by atoms with Crippen LogP contribution in [0, 0.1) is 0 Å². The summed E-state index contributed by atoms with van der Waals surface area (Å²) in [6, 6.07) is 10.1. The average Bonchev–Trinajstić information content (AvgIpc) is 3.43. The molecule has 0 unspecified atom stereocenters. The summed E-state index contributed by atoms with van der Waals surface area (Å²) in [7, 11) is 0. The van der Waals surface area contributed by atoms with E-state index in [1.807, 2.05) is 12.1 Å². The summed E-state index contributed by atoms with van der Waals surface area (Å²) < 4.78 is 55.4. The molecule has 1 saturated carbocycles. The van der Waals surface area contributed by atoms with Crippen LogP contribution in [0.5, 0.6) is 5.75 Å². The van der Waals surface area contributed by atoms with Crippen molar-refractivity contribution in [3.63, 3.8) is 0 Å². The second-order valence-electron chi connectivity index (χ2n) is 9.98. The zero-order valence-electron chi connectivity index (χ0n) is 21.3. The number of hydroxylamine groups is 1. The number of nitrogens with one attached hydrogen (secondary N) is 1. The van der Waals surface area contributed by atoms with Crippen LogP contribution < -0.4 is 15.1 Å². The number of pyridine rings is 1. The molecule has 0 bridgehead atoms. The van der Waals surface area contributed by atoms with E-state index in [2.05, 4.69) is 37.2 Å². The number of benzene rings is 1. The molecule has 39 heavy (non-hydrogen) atoms. The number of hydrogen-bond acceptors (Lipinski definition) is 9. The summed E-state index contributed by atoms with van der Waals surface area (Å²) in [5.74, 6) is 2.13. The Labute approximate surface area is 222 Å². The fourth-order valence-electron chi connectivity index (χ4n) is 5.11. The van der Waals surface area contributed by atoms with E-state index in [9.17, 15) is 13.2 Å². The van der Waals surface area contributed by atoms with Crippen molar-refractivity contribution in [2.75, 3.05) is 18.2 Å². The van der Waals surface area contributed by atoms with Gasteiger partial charge in [0.2, 0.25) is 0 Å². The van der Waals surface area contributed by atoms with Crippen molar-refractivity contribution in [1.29, 1.82) is 0 Å². The lowest BCUT2D eigenvalue weighted by atomic mass is 10.00. The molecule has 2 aliphatic heterocycles. The maximum atomic E-state index is 13.0. The Morgan fingerprint density at radius 2 is 1.97 bits per heavy atom. The van der Waals surface area contributed by atoms with Gasteiger partial charge in [-0.2, -0.15) is 0 Å². The van der Waals surface area contributed by atoms with E-state index in [4.69, 9.17) is 14.1 Å². The van der Waals surface area contributed by atoms with Crippen molar-refractivity contribution >= 4 is 11.7 Å². The van der Waals surface area contributed by atoms with Crippen LogP contribution in [0.15, 0.2) is 52.1 Å². The van der Waals surface area contributed by atoms with E-state index in [0.29, 0.717) is 22.9 Å². The molecule has 206 valence electrons. The van der Waals surface area contributed by atoms with Gasteiger partial charge in [0.25, 0.3) is 0 Å². The minimum Gasteiger partial charge on any atom is -0.405 e. The van der Waals surface area contributed by atoms with E-state index >= 15 is 0 Å². The molecular formula is C27H28F3N5O4. The highest BCUT2D eigenvalue weighted by molar-refractivity contribution is 5.98. The maximum absolute atomic E-state index is 13.0. The van der Waals surface area contributed by atoms with Gasteiger partial charge >= 0.3 is 6.36 Å². The van der Waals surface area contributed by atoms with Crippen LogP contribution in [0.3, 0.4) is 0 Å². The molecule has 2 aromatic heterocycles. The highest BCUT2D eigenvalue weighted by atomic mass is 19.4. The van der Waals surface area contributed by atoms with Crippen LogP contribution >= 0.6 is 0 Å². The maximum Gasteiger partial charge on any atom is 0.573 e. The van der Waals surface area contributed by atoms with E-state index in [1.165, 1.54) is 12.1 Å². The van der Waals surface area contributed by atoms with Gasteiger partial charge in [-0.25, -0.2) is 15.5 Å². The molecule has 2 atom stereocenters. The van der Waals surface area contributed by atoms with Crippen molar-refractivity contribution < 1.29 is 32.0 Å². The van der Waals surface area contributed by atoms with Gasteiger partial charge in [-0.05, 0) is 56.9 Å². The number of halogens is 3. The quantitative estimate of drug-likeness (QED) is 0.408. The second kappa shape index (κ2) is 10.5. The minimum atomic E-state index is -4.81. The third-order valence-electron chi connectivity index (χ3n) is 7.20. The number of aliphatic imine (C=N–C) groups is 1. The first-order valence-corrected chi connectivity index (χ1v) is 13.0. The van der Waals surface area contributed by atoms with E-state index in [1.54, 1.807) is 18.3 Å². The van der Waals surface area contributed by atoms with Crippen molar-refractivity contribution in [2.45, 2.75) is 63.6 Å². The Morgan fingerprint density at radius 3 is 2.67 bits per heavy atom. The molecule has 0 amide bonds. The van der Waals surface area contributed by atoms with Gasteiger partial charge < -0.3 is 18.9 Å². The molecule has 12 heteroatoms. The SMILES string of the molecule is C[C@@H]1C[C@H](OCc2c(-c3ccccc3OC(F)(F)F)noc2C2CC2)CCN1c1ccc(C2=NCON2)cn1. The highest BCUT2D eigenvalue weighted by Gasteiger charge is 2.36. The standard InChI is InChI=1S/C27H28F3N5O4/c1-16-12-19(10-11-35(16)23-9-8-18(13-31-23)26-32-15-37-34-26)36-14-21-24(33-39-25(21)17-6-7-17)20-4-2-3-5-22(20)38-27(28,29)30/h2-5,8-9,13,16-17,19H,6-7,10-12,14-15H2,1H3,(H,32,34)/t16-,19-/m1/s1. The first-order valence-electron chi connectivity index (χ1n) is 13.0. The minimum absolute atomic E-state index is 0.0267. The Hall–Kier alpha value is -3.64. The second-order valence-corrected chi connectivity index (χ2v) is 9.98. The zero-order chi connectivity index (χ0) is 27.0. The van der Waals surface area contributed by atoms with Crippen molar-refractivity contribution in [3.8, 4) is 17.0 Å². The lowest BCUT2D eigenvalue weighted by Crippen LogP contribution is -2.44. The van der Waals surface area contributed by atoms with Gasteiger partial charge in [-0.1, -0.05) is 17.3 Å². The zero-order valence-corrected chi connectivity index (χ0v) is 21.3. The van der Waals surface area contributed by atoms with Crippen molar-refractivity contribution in [3.05, 3.63) is 59.5 Å². The van der Waals surface area contributed by atoms with Crippen LogP contribution in [0.1, 0.15) is 55.4 Å². The smallest absolute Gasteiger partial charge is 0.405 e. The lowest BCUT2D eigenvalue weighted by molar-refractivity contribution is -0.274. The molecule has 6 rings (SSSR count). The number of rotatable bonds is 8. The predicted molar refractivity (Wildman–Crippen MR) is 135 cm³/mol. The third kappa shape index (κ3) is 5.71. The van der Waals surface area contributed by atoms with Gasteiger partial charge in [-0.15, -0.1) is 13.2 Å². The molecule has 0 spiro atoms. The lowest BCUT2D eigenvalue weighted by Gasteiger charge is -2.38. The molecule has 3 aromatic rings. The molecular weight excluding hydrogens is 515 g/mol. The first kappa shape index (κ1) is 25.6. The fourth-order valence-corrected chi connectivity index (χ4v) is 5.11. The summed E-state index contributed by atoms with van der Waals surface area (Å²) in [6.45, 7) is 3.38. The fraction of sp³-hybridized carbons (Fsp3) is 0.444. The molecule has 1 aliphatic carbocycles. The third-order valence-corrected chi connectivity index (χ3v) is 7.20. The largest absolute Gasteiger partial charge is 0.573 e. The van der Waals surface area contributed by atoms with Crippen molar-refractivity contribution in [2.24, 2.45) is 4.99 Å². The summed E-state index contributed by atoms with van der Waals surface area (Å²) in [5, 5.41) is 4.16. The molecule has 0 radical (unpaired) electrons. The topological polar surface area (TPSA) is 94.2 Å². The van der Waals surface area contributed by atoms with Crippen molar-refractivity contribution in [1.82, 2.24) is 15.6 Å². The number of nitrogens with zero attached hydrogens (tertiary/aromatic N) is 4. The highest BCUT2D eigenvalue weighted by Crippen LogP contribution is 2.46. The average molecular weight is 544 g/mol. The van der Waals surface area contributed by atoms with Crippen LogP contribution in [0.4, 0.5) is 19.0 Å². The van der Waals surface area contributed by atoms with Crippen LogP contribution in [-0.2, 0) is 16.2 Å². The Bertz CT molecular complexity index is 1340. The van der Waals surface area contributed by atoms with E-state index in [0.717, 1.165) is 43.6 Å². The van der Waals surface area contributed by atoms with E-state index in [-0.39, 0.29) is 42.7 Å². The van der Waals surface area contributed by atoms with Gasteiger partial charge in [-0.3, -0.25) is 4.84 Å². The van der Waals surface area contributed by atoms with Gasteiger partial charge in [0.1, 0.15) is 23.0 Å². The number of alkyl halides is 3. The Kier molecular flexibility index (Phi) is 6.90. The van der Waals surface area contributed by atoms with Crippen LogP contribution in [-0.4, -0.2) is 47.8 Å². The molecule has 1 aromatic carbocycles. The number of piperidine rings is 1. The normalized spacial score (nSPS) is 21.5. The molecule has 3 aliphatic rings. The monoisotopic (exact) mass is 543 g/mol. The Morgan fingerprint density at radius 1 is 1.13 bits per heavy atom. The van der Waals surface area contributed by atoms with Gasteiger partial charge in [0.15, 0.2) is 12.6 Å². The Balaban J connectivity index is 1.14. The van der Waals surface area contributed by atoms with Gasteiger partial charge in [0.05, 0.1) is 12.7 Å². The number of ether oxygens (including phenoxy) is 2.